The van der Waals surface area contributed by atoms with Crippen LogP contribution in [0.3, 0.4) is 0 Å². The molecule has 0 aromatic rings. The molecule has 12 heavy (non-hydrogen) atoms. The van der Waals surface area contributed by atoms with E-state index in [2.05, 4.69) is 13.8 Å². The first-order valence-corrected chi connectivity index (χ1v) is 5.29. The molecule has 0 aliphatic heterocycles. The van der Waals surface area contributed by atoms with Gasteiger partial charge in [-0.05, 0) is 31.1 Å². The zero-order valence-corrected chi connectivity index (χ0v) is 8.59. The van der Waals surface area contributed by atoms with Crippen molar-refractivity contribution in [3.05, 3.63) is 0 Å². The molecule has 2 unspecified atom stereocenters. The summed E-state index contributed by atoms with van der Waals surface area (Å²) >= 11 is 0. The summed E-state index contributed by atoms with van der Waals surface area (Å²) in [4.78, 5) is 0. The SMILES string of the molecule is CC(C)C(CCC1CC1)C(C)O. The molecular weight excluding hydrogens is 148 g/mol. The summed E-state index contributed by atoms with van der Waals surface area (Å²) in [7, 11) is 0. The highest BCUT2D eigenvalue weighted by molar-refractivity contribution is 4.77. The van der Waals surface area contributed by atoms with Crippen LogP contribution < -0.4 is 0 Å². The molecule has 1 aliphatic carbocycles. The topological polar surface area (TPSA) is 20.2 Å². The van der Waals surface area contributed by atoms with Crippen LogP contribution in [-0.4, -0.2) is 11.2 Å². The maximum Gasteiger partial charge on any atom is 0.0542 e. The Bertz CT molecular complexity index is 117. The highest BCUT2D eigenvalue weighted by Crippen LogP contribution is 2.36. The van der Waals surface area contributed by atoms with Gasteiger partial charge >= 0.3 is 0 Å². The van der Waals surface area contributed by atoms with Gasteiger partial charge in [0.15, 0.2) is 0 Å². The molecular formula is C11H22O. The van der Waals surface area contributed by atoms with Crippen LogP contribution in [0, 0.1) is 17.8 Å². The van der Waals surface area contributed by atoms with Gasteiger partial charge in [-0.15, -0.1) is 0 Å². The van der Waals surface area contributed by atoms with Crippen LogP contribution in [0.15, 0.2) is 0 Å². The molecule has 0 spiro atoms. The largest absolute Gasteiger partial charge is 0.393 e. The summed E-state index contributed by atoms with van der Waals surface area (Å²) in [6.45, 7) is 6.35. The van der Waals surface area contributed by atoms with Crippen LogP contribution >= 0.6 is 0 Å². The Balaban J connectivity index is 2.21. The van der Waals surface area contributed by atoms with Gasteiger partial charge < -0.3 is 5.11 Å². The molecule has 1 N–H and O–H groups in total. The third-order valence-electron chi connectivity index (χ3n) is 3.08. The average molecular weight is 170 g/mol. The van der Waals surface area contributed by atoms with Crippen molar-refractivity contribution in [1.82, 2.24) is 0 Å². The smallest absolute Gasteiger partial charge is 0.0542 e. The minimum atomic E-state index is -0.122. The van der Waals surface area contributed by atoms with E-state index in [0.29, 0.717) is 11.8 Å². The molecule has 0 saturated heterocycles. The second-order valence-electron chi connectivity index (χ2n) is 4.67. The van der Waals surface area contributed by atoms with Crippen LogP contribution in [0.1, 0.15) is 46.5 Å². The fraction of sp³-hybridized carbons (Fsp3) is 1.00. The number of aliphatic hydroxyl groups excluding tert-OH is 1. The van der Waals surface area contributed by atoms with Gasteiger partial charge in [-0.25, -0.2) is 0 Å². The van der Waals surface area contributed by atoms with Crippen molar-refractivity contribution >= 4 is 0 Å². The monoisotopic (exact) mass is 170 g/mol. The minimum absolute atomic E-state index is 0.122. The van der Waals surface area contributed by atoms with Gasteiger partial charge in [0.1, 0.15) is 0 Å². The fourth-order valence-corrected chi connectivity index (χ4v) is 1.97. The summed E-state index contributed by atoms with van der Waals surface area (Å²) < 4.78 is 0. The number of rotatable bonds is 5. The van der Waals surface area contributed by atoms with Gasteiger partial charge in [0.2, 0.25) is 0 Å². The zero-order chi connectivity index (χ0) is 9.14. The first-order valence-electron chi connectivity index (χ1n) is 5.29. The molecule has 0 bridgehead atoms. The van der Waals surface area contributed by atoms with Crippen LogP contribution in [0.2, 0.25) is 0 Å². The molecule has 2 atom stereocenters. The van der Waals surface area contributed by atoms with E-state index in [0.717, 1.165) is 5.92 Å². The van der Waals surface area contributed by atoms with E-state index in [1.807, 2.05) is 6.92 Å². The third kappa shape index (κ3) is 3.14. The zero-order valence-electron chi connectivity index (χ0n) is 8.59. The van der Waals surface area contributed by atoms with E-state index in [-0.39, 0.29) is 6.10 Å². The Morgan fingerprint density at radius 2 is 1.83 bits per heavy atom. The molecule has 0 radical (unpaired) electrons. The van der Waals surface area contributed by atoms with Gasteiger partial charge in [-0.1, -0.05) is 33.1 Å². The predicted molar refractivity (Wildman–Crippen MR) is 52.0 cm³/mol. The Morgan fingerprint density at radius 1 is 1.25 bits per heavy atom. The fourth-order valence-electron chi connectivity index (χ4n) is 1.97. The second-order valence-corrected chi connectivity index (χ2v) is 4.67. The molecule has 1 heteroatoms. The molecule has 0 amide bonds. The van der Waals surface area contributed by atoms with Crippen LogP contribution in [-0.2, 0) is 0 Å². The van der Waals surface area contributed by atoms with Gasteiger partial charge in [-0.3, -0.25) is 0 Å². The lowest BCUT2D eigenvalue weighted by atomic mass is 9.86. The van der Waals surface area contributed by atoms with Crippen molar-refractivity contribution in [3.63, 3.8) is 0 Å². The molecule has 1 rings (SSSR count). The van der Waals surface area contributed by atoms with Gasteiger partial charge in [0.25, 0.3) is 0 Å². The average Bonchev–Trinajstić information content (AvgIpc) is 2.69. The van der Waals surface area contributed by atoms with Crippen molar-refractivity contribution in [1.29, 1.82) is 0 Å². The standard InChI is InChI=1S/C11H22O/c1-8(2)11(9(3)12)7-6-10-4-5-10/h8-12H,4-7H2,1-3H3. The molecule has 0 heterocycles. The number of hydrogen-bond donors (Lipinski definition) is 1. The van der Waals surface area contributed by atoms with E-state index in [9.17, 15) is 5.11 Å². The quantitative estimate of drug-likeness (QED) is 0.672. The lowest BCUT2D eigenvalue weighted by Crippen LogP contribution is -2.22. The van der Waals surface area contributed by atoms with Gasteiger partial charge in [-0.2, -0.15) is 0 Å². The Labute approximate surface area is 76.2 Å². The van der Waals surface area contributed by atoms with Crippen LogP contribution in [0.25, 0.3) is 0 Å². The molecule has 0 aromatic carbocycles. The van der Waals surface area contributed by atoms with Crippen molar-refractivity contribution < 1.29 is 5.11 Å². The normalized spacial score (nSPS) is 22.8. The van der Waals surface area contributed by atoms with Crippen molar-refractivity contribution in [2.75, 3.05) is 0 Å². The Kier molecular flexibility index (Phi) is 3.57. The maximum atomic E-state index is 9.52. The van der Waals surface area contributed by atoms with Crippen LogP contribution in [0.5, 0.6) is 0 Å². The van der Waals surface area contributed by atoms with E-state index in [1.165, 1.54) is 25.7 Å². The molecule has 1 nitrogen and oxygen atoms in total. The molecule has 1 fully saturated rings. The van der Waals surface area contributed by atoms with E-state index in [1.54, 1.807) is 0 Å². The minimum Gasteiger partial charge on any atom is -0.393 e. The molecule has 72 valence electrons. The highest BCUT2D eigenvalue weighted by atomic mass is 16.3. The van der Waals surface area contributed by atoms with E-state index < -0.39 is 0 Å². The summed E-state index contributed by atoms with van der Waals surface area (Å²) in [6.07, 6.45) is 5.31. The predicted octanol–water partition coefficient (Wildman–Crippen LogP) is 2.83. The Morgan fingerprint density at radius 3 is 2.17 bits per heavy atom. The summed E-state index contributed by atoms with van der Waals surface area (Å²) in [5.74, 6) is 2.15. The molecule has 1 saturated carbocycles. The summed E-state index contributed by atoms with van der Waals surface area (Å²) in [5.41, 5.74) is 0. The Hall–Kier alpha value is -0.0400. The maximum absolute atomic E-state index is 9.52. The molecule has 1 aliphatic rings. The molecule has 0 aromatic heterocycles. The second kappa shape index (κ2) is 4.27. The number of aliphatic hydroxyl groups is 1. The van der Waals surface area contributed by atoms with Gasteiger partial charge in [0, 0.05) is 0 Å². The first-order chi connectivity index (χ1) is 5.61. The van der Waals surface area contributed by atoms with E-state index >= 15 is 0 Å². The van der Waals surface area contributed by atoms with Crippen LogP contribution in [0.4, 0.5) is 0 Å². The summed E-state index contributed by atoms with van der Waals surface area (Å²) in [6, 6.07) is 0. The third-order valence-corrected chi connectivity index (χ3v) is 3.08. The number of hydrogen-bond acceptors (Lipinski definition) is 1. The van der Waals surface area contributed by atoms with E-state index in [4.69, 9.17) is 0 Å². The lowest BCUT2D eigenvalue weighted by molar-refractivity contribution is 0.0895. The van der Waals surface area contributed by atoms with Crippen molar-refractivity contribution in [2.24, 2.45) is 17.8 Å². The van der Waals surface area contributed by atoms with Gasteiger partial charge in [0.05, 0.1) is 6.10 Å². The van der Waals surface area contributed by atoms with Crippen molar-refractivity contribution in [2.45, 2.75) is 52.6 Å². The first kappa shape index (κ1) is 10.0. The highest BCUT2D eigenvalue weighted by Gasteiger charge is 2.25. The lowest BCUT2D eigenvalue weighted by Gasteiger charge is -2.23. The van der Waals surface area contributed by atoms with Crippen molar-refractivity contribution in [3.8, 4) is 0 Å². The summed E-state index contributed by atoms with van der Waals surface area (Å²) in [5, 5.41) is 9.52.